The molecule has 0 radical (unpaired) electrons. The lowest BCUT2D eigenvalue weighted by Gasteiger charge is -2.22. The van der Waals surface area contributed by atoms with Crippen molar-refractivity contribution >= 4 is 17.7 Å². The minimum absolute atomic E-state index is 0.126. The van der Waals surface area contributed by atoms with Gasteiger partial charge < -0.3 is 4.74 Å². The van der Waals surface area contributed by atoms with Crippen LogP contribution in [0.5, 0.6) is 0 Å². The number of alkyl halides is 5. The van der Waals surface area contributed by atoms with E-state index in [1.54, 1.807) is 13.8 Å². The van der Waals surface area contributed by atoms with Crippen molar-refractivity contribution < 1.29 is 31.5 Å². The third kappa shape index (κ3) is 7.33. The number of halogens is 5. The van der Waals surface area contributed by atoms with Crippen LogP contribution in [-0.2, 0) is 9.53 Å². The average molecular weight is 336 g/mol. The summed E-state index contributed by atoms with van der Waals surface area (Å²) < 4.78 is 66.7. The smallest absolute Gasteiger partial charge is 0.453 e. The average Bonchev–Trinajstić information content (AvgIpc) is 2.29. The quantitative estimate of drug-likeness (QED) is 0.481. The monoisotopic (exact) mass is 336 g/mol. The molecule has 0 rings (SSSR count). The van der Waals surface area contributed by atoms with E-state index in [2.05, 4.69) is 0 Å². The van der Waals surface area contributed by atoms with Crippen LogP contribution >= 0.6 is 11.8 Å². The van der Waals surface area contributed by atoms with Gasteiger partial charge >= 0.3 is 18.1 Å². The molecule has 0 aromatic carbocycles. The Bertz CT molecular complexity index is 329. The summed E-state index contributed by atoms with van der Waals surface area (Å²) in [7, 11) is 0. The van der Waals surface area contributed by atoms with E-state index < -0.39 is 35.5 Å². The first-order valence-electron chi connectivity index (χ1n) is 6.61. The number of hydrogen-bond donors (Lipinski definition) is 0. The number of carbonyl (C=O) groups is 1. The number of rotatable bonds is 8. The van der Waals surface area contributed by atoms with Crippen LogP contribution in [0.25, 0.3) is 0 Å². The second-order valence-corrected chi connectivity index (χ2v) is 6.76. The molecule has 21 heavy (non-hydrogen) atoms. The lowest BCUT2D eigenvalue weighted by Crippen LogP contribution is -2.37. The van der Waals surface area contributed by atoms with E-state index in [0.717, 1.165) is 11.8 Å². The lowest BCUT2D eigenvalue weighted by molar-refractivity contribution is -0.282. The molecule has 0 aliphatic heterocycles. The second-order valence-electron chi connectivity index (χ2n) is 5.51. The molecule has 0 amide bonds. The van der Waals surface area contributed by atoms with Gasteiger partial charge in [-0.1, -0.05) is 27.7 Å². The first kappa shape index (κ1) is 20.5. The molecule has 0 aromatic heterocycles. The maximum atomic E-state index is 12.8. The van der Waals surface area contributed by atoms with E-state index >= 15 is 0 Å². The van der Waals surface area contributed by atoms with Crippen molar-refractivity contribution in [2.24, 2.45) is 11.8 Å². The SMILES string of the molecule is CC(C)COC(=O)C(SCCC(F)(F)C(F)(F)F)C(C)C. The fourth-order valence-corrected chi connectivity index (χ4v) is 2.54. The highest BCUT2D eigenvalue weighted by molar-refractivity contribution is 8.00. The van der Waals surface area contributed by atoms with E-state index in [1.165, 1.54) is 0 Å². The largest absolute Gasteiger partial charge is 0.465 e. The third-order valence-electron chi connectivity index (χ3n) is 2.52. The molecule has 2 nitrogen and oxygen atoms in total. The molecule has 0 aliphatic carbocycles. The van der Waals surface area contributed by atoms with E-state index in [1.807, 2.05) is 13.8 Å². The van der Waals surface area contributed by atoms with Crippen LogP contribution in [0.4, 0.5) is 22.0 Å². The molecular formula is C13H21F5O2S. The first-order valence-corrected chi connectivity index (χ1v) is 7.66. The van der Waals surface area contributed by atoms with E-state index in [4.69, 9.17) is 4.74 Å². The van der Waals surface area contributed by atoms with Crippen LogP contribution in [-0.4, -0.2) is 35.7 Å². The maximum absolute atomic E-state index is 12.8. The van der Waals surface area contributed by atoms with Crippen molar-refractivity contribution in [2.45, 2.75) is 51.5 Å². The number of esters is 1. The van der Waals surface area contributed by atoms with E-state index in [-0.39, 0.29) is 18.4 Å². The molecule has 0 fully saturated rings. The normalized spacial score (nSPS) is 14.6. The van der Waals surface area contributed by atoms with Gasteiger partial charge in [0.05, 0.1) is 6.61 Å². The molecule has 0 aromatic rings. The number of carbonyl (C=O) groups excluding carboxylic acids is 1. The van der Waals surface area contributed by atoms with Crippen molar-refractivity contribution in [1.82, 2.24) is 0 Å². The van der Waals surface area contributed by atoms with Gasteiger partial charge in [0, 0.05) is 12.2 Å². The molecule has 0 saturated carbocycles. The third-order valence-corrected chi connectivity index (χ3v) is 4.06. The van der Waals surface area contributed by atoms with Gasteiger partial charge in [0.15, 0.2) is 0 Å². The van der Waals surface area contributed by atoms with Crippen LogP contribution in [0.1, 0.15) is 34.1 Å². The first-order chi connectivity index (χ1) is 9.38. The molecule has 0 aliphatic rings. The number of thioether (sulfide) groups is 1. The minimum Gasteiger partial charge on any atom is -0.465 e. The van der Waals surface area contributed by atoms with Crippen molar-refractivity contribution in [2.75, 3.05) is 12.4 Å². The zero-order valence-electron chi connectivity index (χ0n) is 12.5. The summed E-state index contributed by atoms with van der Waals surface area (Å²) in [6.07, 6.45) is -6.90. The van der Waals surface area contributed by atoms with Crippen LogP contribution in [0.3, 0.4) is 0 Å². The molecule has 1 atom stereocenters. The molecule has 8 heteroatoms. The fraction of sp³-hybridized carbons (Fsp3) is 0.923. The standard InChI is InChI=1S/C13H21F5O2S/c1-8(2)7-20-11(19)10(9(3)4)21-6-5-12(14,15)13(16,17)18/h8-10H,5-7H2,1-4H3. The van der Waals surface area contributed by atoms with E-state index in [9.17, 15) is 26.7 Å². The second kappa shape index (κ2) is 8.19. The van der Waals surface area contributed by atoms with Crippen LogP contribution in [0.15, 0.2) is 0 Å². The van der Waals surface area contributed by atoms with Gasteiger partial charge in [-0.15, -0.1) is 11.8 Å². The highest BCUT2D eigenvalue weighted by atomic mass is 32.2. The summed E-state index contributed by atoms with van der Waals surface area (Å²) >= 11 is 0.778. The molecule has 0 N–H and O–H groups in total. The Kier molecular flexibility index (Phi) is 7.99. The van der Waals surface area contributed by atoms with Gasteiger partial charge in [0.25, 0.3) is 0 Å². The number of ether oxygens (including phenoxy) is 1. The summed E-state index contributed by atoms with van der Waals surface area (Å²) in [6.45, 7) is 7.26. The molecule has 0 spiro atoms. The Morgan fingerprint density at radius 1 is 1.10 bits per heavy atom. The Morgan fingerprint density at radius 2 is 1.62 bits per heavy atom. The van der Waals surface area contributed by atoms with Gasteiger partial charge in [-0.3, -0.25) is 4.79 Å². The zero-order valence-corrected chi connectivity index (χ0v) is 13.3. The molecule has 0 saturated heterocycles. The van der Waals surface area contributed by atoms with Gasteiger partial charge in [0.1, 0.15) is 5.25 Å². The lowest BCUT2D eigenvalue weighted by atomic mass is 10.1. The van der Waals surface area contributed by atoms with Gasteiger partial charge in [-0.05, 0) is 11.8 Å². The highest BCUT2D eigenvalue weighted by Gasteiger charge is 2.56. The molecule has 0 heterocycles. The van der Waals surface area contributed by atoms with Crippen molar-refractivity contribution in [3.63, 3.8) is 0 Å². The highest BCUT2D eigenvalue weighted by Crippen LogP contribution is 2.39. The fourth-order valence-electron chi connectivity index (χ4n) is 1.32. The Balaban J connectivity index is 4.44. The summed E-state index contributed by atoms with van der Waals surface area (Å²) in [5.41, 5.74) is 0. The molecule has 0 bridgehead atoms. The molecule has 1 unspecified atom stereocenters. The van der Waals surface area contributed by atoms with Crippen molar-refractivity contribution in [1.29, 1.82) is 0 Å². The summed E-state index contributed by atoms with van der Waals surface area (Å²) in [5, 5.41) is -0.743. The molecular weight excluding hydrogens is 315 g/mol. The zero-order chi connectivity index (χ0) is 16.8. The Labute approximate surface area is 125 Å². The topological polar surface area (TPSA) is 26.3 Å². The summed E-state index contributed by atoms with van der Waals surface area (Å²) in [6, 6.07) is 0. The molecule has 126 valence electrons. The van der Waals surface area contributed by atoms with Gasteiger partial charge in [0.2, 0.25) is 0 Å². The van der Waals surface area contributed by atoms with E-state index in [0.29, 0.717) is 0 Å². The van der Waals surface area contributed by atoms with Gasteiger partial charge in [-0.25, -0.2) is 0 Å². The van der Waals surface area contributed by atoms with Crippen molar-refractivity contribution in [3.05, 3.63) is 0 Å². The van der Waals surface area contributed by atoms with Crippen LogP contribution in [0.2, 0.25) is 0 Å². The number of hydrogen-bond acceptors (Lipinski definition) is 3. The van der Waals surface area contributed by atoms with Crippen molar-refractivity contribution in [3.8, 4) is 0 Å². The predicted octanol–water partition coefficient (Wildman–Crippen LogP) is 4.53. The summed E-state index contributed by atoms with van der Waals surface area (Å²) in [4.78, 5) is 11.8. The van der Waals surface area contributed by atoms with Gasteiger partial charge in [-0.2, -0.15) is 22.0 Å². The predicted molar refractivity (Wildman–Crippen MR) is 72.5 cm³/mol. The maximum Gasteiger partial charge on any atom is 0.453 e. The minimum atomic E-state index is -5.56. The Hall–Kier alpha value is -0.530. The summed E-state index contributed by atoms with van der Waals surface area (Å²) in [5.74, 6) is -5.86. The Morgan fingerprint density at radius 3 is 2.00 bits per heavy atom. The van der Waals surface area contributed by atoms with Crippen LogP contribution < -0.4 is 0 Å². The van der Waals surface area contributed by atoms with Crippen LogP contribution in [0, 0.1) is 11.8 Å².